The van der Waals surface area contributed by atoms with Crippen LogP contribution in [0.15, 0.2) is 42.6 Å². The fraction of sp³-hybridized carbons (Fsp3) is 0.0625. The third kappa shape index (κ3) is 3.17. The van der Waals surface area contributed by atoms with E-state index in [1.165, 1.54) is 30.5 Å². The minimum atomic E-state index is -2.95. The van der Waals surface area contributed by atoms with E-state index in [4.69, 9.17) is 0 Å². The van der Waals surface area contributed by atoms with Gasteiger partial charge in [0.2, 0.25) is 0 Å². The number of hydrogen-bond donors (Lipinski definition) is 2. The Hall–Kier alpha value is -3.03. The van der Waals surface area contributed by atoms with Crippen LogP contribution in [-0.4, -0.2) is 17.5 Å². The van der Waals surface area contributed by atoms with Crippen molar-refractivity contribution in [1.82, 2.24) is 4.98 Å². The van der Waals surface area contributed by atoms with Gasteiger partial charge in [-0.25, -0.2) is 8.78 Å². The molecule has 2 aromatic carbocycles. The maximum absolute atomic E-state index is 13.3. The maximum atomic E-state index is 13.3. The van der Waals surface area contributed by atoms with Crippen molar-refractivity contribution in [3.63, 3.8) is 0 Å². The Morgan fingerprint density at radius 1 is 1.08 bits per heavy atom. The minimum absolute atomic E-state index is 0.0776. The number of benzene rings is 2. The Kier molecular flexibility index (Phi) is 4.11. The number of halogens is 4. The van der Waals surface area contributed by atoms with Gasteiger partial charge in [0.15, 0.2) is 11.6 Å². The first-order valence-corrected chi connectivity index (χ1v) is 6.76. The quantitative estimate of drug-likeness (QED) is 0.697. The van der Waals surface area contributed by atoms with Crippen molar-refractivity contribution in [1.29, 1.82) is 0 Å². The number of rotatable bonds is 4. The monoisotopic (exact) mass is 338 g/mol. The highest BCUT2D eigenvalue weighted by Crippen LogP contribution is 2.26. The molecule has 0 aliphatic rings. The molecule has 0 spiro atoms. The van der Waals surface area contributed by atoms with Crippen LogP contribution in [0.3, 0.4) is 0 Å². The molecule has 0 aliphatic heterocycles. The first-order valence-electron chi connectivity index (χ1n) is 6.76. The summed E-state index contributed by atoms with van der Waals surface area (Å²) in [4.78, 5) is 14.9. The summed E-state index contributed by atoms with van der Waals surface area (Å²) in [6.07, 6.45) is 1.40. The number of carbonyl (C=O) groups excluding carboxylic acids is 1. The Balaban J connectivity index is 1.81. The van der Waals surface area contributed by atoms with Crippen LogP contribution < -0.4 is 10.1 Å². The normalized spacial score (nSPS) is 11.0. The van der Waals surface area contributed by atoms with Crippen molar-refractivity contribution in [2.24, 2.45) is 0 Å². The van der Waals surface area contributed by atoms with E-state index in [1.807, 2.05) is 0 Å². The summed E-state index contributed by atoms with van der Waals surface area (Å²) >= 11 is 0. The van der Waals surface area contributed by atoms with Gasteiger partial charge in [-0.15, -0.1) is 0 Å². The zero-order chi connectivity index (χ0) is 17.3. The number of H-pyrrole nitrogens is 1. The van der Waals surface area contributed by atoms with Gasteiger partial charge in [-0.3, -0.25) is 4.79 Å². The Labute approximate surface area is 133 Å². The van der Waals surface area contributed by atoms with Crippen LogP contribution in [-0.2, 0) is 0 Å². The van der Waals surface area contributed by atoms with Crippen molar-refractivity contribution in [2.45, 2.75) is 6.61 Å². The third-order valence-electron chi connectivity index (χ3n) is 3.31. The highest BCUT2D eigenvalue weighted by Gasteiger charge is 2.13. The molecule has 0 bridgehead atoms. The highest BCUT2D eigenvalue weighted by atomic mass is 19.3. The Morgan fingerprint density at radius 2 is 1.75 bits per heavy atom. The van der Waals surface area contributed by atoms with Crippen molar-refractivity contribution in [3.05, 3.63) is 59.8 Å². The number of alkyl halides is 2. The van der Waals surface area contributed by atoms with Gasteiger partial charge in [0, 0.05) is 23.2 Å². The Bertz CT molecular complexity index is 891. The van der Waals surface area contributed by atoms with Gasteiger partial charge in [0.1, 0.15) is 5.75 Å². The lowest BCUT2D eigenvalue weighted by Crippen LogP contribution is -2.11. The topological polar surface area (TPSA) is 54.1 Å². The van der Waals surface area contributed by atoms with Crippen LogP contribution in [0, 0.1) is 11.6 Å². The summed E-state index contributed by atoms with van der Waals surface area (Å²) in [6, 6.07) is 7.02. The summed E-state index contributed by atoms with van der Waals surface area (Å²) in [5.41, 5.74) is 0.778. The number of aromatic nitrogens is 1. The van der Waals surface area contributed by atoms with E-state index in [-0.39, 0.29) is 17.0 Å². The van der Waals surface area contributed by atoms with Gasteiger partial charge < -0.3 is 15.0 Å². The zero-order valence-corrected chi connectivity index (χ0v) is 11.9. The van der Waals surface area contributed by atoms with Gasteiger partial charge in [-0.1, -0.05) is 0 Å². The molecule has 3 rings (SSSR count). The van der Waals surface area contributed by atoms with E-state index in [9.17, 15) is 22.4 Å². The molecule has 0 aliphatic carbocycles. The SMILES string of the molecule is O=C(Nc1c[nH]c2cc(F)c(F)cc12)c1ccc(OC(F)F)cc1. The number of carbonyl (C=O) groups is 1. The van der Waals surface area contributed by atoms with Gasteiger partial charge in [-0.2, -0.15) is 8.78 Å². The highest BCUT2D eigenvalue weighted by molar-refractivity contribution is 6.09. The van der Waals surface area contributed by atoms with Crippen LogP contribution >= 0.6 is 0 Å². The molecular weight excluding hydrogens is 328 g/mol. The first-order chi connectivity index (χ1) is 11.4. The molecule has 1 aromatic heterocycles. The second-order valence-electron chi connectivity index (χ2n) is 4.87. The predicted octanol–water partition coefficient (Wildman–Crippen LogP) is 4.30. The van der Waals surface area contributed by atoms with E-state index in [0.29, 0.717) is 10.9 Å². The number of aromatic amines is 1. The summed E-state index contributed by atoms with van der Waals surface area (Å²) < 4.78 is 54.9. The molecule has 3 aromatic rings. The molecule has 2 N–H and O–H groups in total. The molecule has 1 heterocycles. The standard InChI is InChI=1S/C16H10F4N2O2/c17-11-5-10-13(6-12(11)18)21-7-14(10)22-15(23)8-1-3-9(4-2-8)24-16(19)20/h1-7,16,21H,(H,22,23). The fourth-order valence-corrected chi connectivity index (χ4v) is 2.20. The fourth-order valence-electron chi connectivity index (χ4n) is 2.20. The molecule has 0 saturated carbocycles. The number of hydrogen-bond acceptors (Lipinski definition) is 2. The van der Waals surface area contributed by atoms with Crippen LogP contribution in [0.4, 0.5) is 23.2 Å². The lowest BCUT2D eigenvalue weighted by Gasteiger charge is -2.06. The second-order valence-corrected chi connectivity index (χ2v) is 4.87. The molecule has 1 amide bonds. The molecule has 4 nitrogen and oxygen atoms in total. The van der Waals surface area contributed by atoms with Crippen LogP contribution in [0.2, 0.25) is 0 Å². The van der Waals surface area contributed by atoms with Gasteiger partial charge in [0.05, 0.1) is 11.2 Å². The number of amides is 1. The van der Waals surface area contributed by atoms with Crippen molar-refractivity contribution in [3.8, 4) is 5.75 Å². The van der Waals surface area contributed by atoms with Crippen molar-refractivity contribution in [2.75, 3.05) is 5.32 Å². The van der Waals surface area contributed by atoms with Crippen molar-refractivity contribution >= 4 is 22.5 Å². The van der Waals surface area contributed by atoms with Crippen LogP contribution in [0.25, 0.3) is 10.9 Å². The molecule has 0 fully saturated rings. The van der Waals surface area contributed by atoms with E-state index in [0.717, 1.165) is 12.1 Å². The largest absolute Gasteiger partial charge is 0.435 e. The molecule has 0 unspecified atom stereocenters. The molecule has 0 radical (unpaired) electrons. The second kappa shape index (κ2) is 6.23. The number of nitrogens with one attached hydrogen (secondary N) is 2. The first kappa shape index (κ1) is 15.9. The molecule has 8 heteroatoms. The molecule has 0 atom stereocenters. The molecule has 0 saturated heterocycles. The van der Waals surface area contributed by atoms with E-state index >= 15 is 0 Å². The minimum Gasteiger partial charge on any atom is -0.435 e. The van der Waals surface area contributed by atoms with E-state index in [1.54, 1.807) is 0 Å². The predicted molar refractivity (Wildman–Crippen MR) is 79.2 cm³/mol. The van der Waals surface area contributed by atoms with Crippen LogP contribution in [0.5, 0.6) is 5.75 Å². The van der Waals surface area contributed by atoms with Gasteiger partial charge in [-0.05, 0) is 30.3 Å². The lowest BCUT2D eigenvalue weighted by atomic mass is 10.2. The van der Waals surface area contributed by atoms with E-state index < -0.39 is 24.2 Å². The summed E-state index contributed by atoms with van der Waals surface area (Å²) in [5, 5.41) is 2.85. The zero-order valence-electron chi connectivity index (χ0n) is 11.9. The number of anilines is 1. The summed E-state index contributed by atoms with van der Waals surface area (Å²) in [7, 11) is 0. The Morgan fingerprint density at radius 3 is 2.42 bits per heavy atom. The molecule has 24 heavy (non-hydrogen) atoms. The van der Waals surface area contributed by atoms with Crippen LogP contribution in [0.1, 0.15) is 10.4 Å². The van der Waals surface area contributed by atoms with Gasteiger partial charge >= 0.3 is 6.61 Å². The summed E-state index contributed by atoms with van der Waals surface area (Å²) in [6.45, 7) is -2.95. The molecule has 124 valence electrons. The number of fused-ring (bicyclic) bond motifs is 1. The third-order valence-corrected chi connectivity index (χ3v) is 3.31. The summed E-state index contributed by atoms with van der Waals surface area (Å²) in [5.74, 6) is -2.65. The maximum Gasteiger partial charge on any atom is 0.387 e. The number of ether oxygens (including phenoxy) is 1. The van der Waals surface area contributed by atoms with E-state index in [2.05, 4.69) is 15.0 Å². The average Bonchev–Trinajstić information content (AvgIpc) is 2.90. The van der Waals surface area contributed by atoms with Crippen molar-refractivity contribution < 1.29 is 27.1 Å². The smallest absolute Gasteiger partial charge is 0.387 e. The molecular formula is C16H10F4N2O2. The average molecular weight is 338 g/mol. The van der Waals surface area contributed by atoms with Gasteiger partial charge in [0.25, 0.3) is 5.91 Å². The lowest BCUT2D eigenvalue weighted by molar-refractivity contribution is -0.0498.